The molecule has 0 aliphatic heterocycles. The first-order chi connectivity index (χ1) is 12.2. The molecule has 1 fully saturated rings. The van der Waals surface area contributed by atoms with E-state index in [4.69, 9.17) is 4.74 Å². The number of benzene rings is 1. The quantitative estimate of drug-likeness (QED) is 0.736. The van der Waals surface area contributed by atoms with Crippen molar-refractivity contribution in [3.8, 4) is 0 Å². The van der Waals surface area contributed by atoms with Crippen molar-refractivity contribution in [3.05, 3.63) is 35.9 Å². The topological polar surface area (TPSA) is 58.6 Å². The zero-order valence-electron chi connectivity index (χ0n) is 15.4. The number of carbonyl (C=O) groups excluding carboxylic acids is 2. The summed E-state index contributed by atoms with van der Waals surface area (Å²) in [6.45, 7) is 4.48. The normalized spacial score (nSPS) is 20.1. The minimum absolute atomic E-state index is 0.0325. The number of rotatable bonds is 8. The van der Waals surface area contributed by atoms with Crippen molar-refractivity contribution in [3.63, 3.8) is 0 Å². The lowest BCUT2D eigenvalue weighted by molar-refractivity contribution is -0.138. The molecule has 0 unspecified atom stereocenters. The zero-order chi connectivity index (χ0) is 18.1. The fourth-order valence-corrected chi connectivity index (χ4v) is 3.43. The number of amides is 2. The minimum atomic E-state index is 0.0325. The molecule has 0 spiro atoms. The molecule has 5 heteroatoms. The van der Waals surface area contributed by atoms with Gasteiger partial charge in [0.2, 0.25) is 11.8 Å². The first kappa shape index (κ1) is 19.4. The molecule has 1 aliphatic rings. The second-order valence-electron chi connectivity index (χ2n) is 6.67. The number of methoxy groups -OCH3 is 1. The molecule has 25 heavy (non-hydrogen) atoms. The third kappa shape index (κ3) is 5.85. The Morgan fingerprint density at radius 1 is 1.12 bits per heavy atom. The first-order valence-electron chi connectivity index (χ1n) is 9.25. The van der Waals surface area contributed by atoms with Crippen LogP contribution >= 0.6 is 0 Å². The van der Waals surface area contributed by atoms with Crippen LogP contribution in [-0.4, -0.2) is 43.5 Å². The largest absolute Gasteiger partial charge is 0.383 e. The van der Waals surface area contributed by atoms with Gasteiger partial charge in [-0.25, -0.2) is 0 Å². The SMILES string of the molecule is CCN(Cc1ccccc1)C(=O)C1CCC(C(=O)NCCOC)CC1. The molecule has 0 radical (unpaired) electrons. The summed E-state index contributed by atoms with van der Waals surface area (Å²) >= 11 is 0. The van der Waals surface area contributed by atoms with Gasteiger partial charge in [-0.2, -0.15) is 0 Å². The highest BCUT2D eigenvalue weighted by Crippen LogP contribution is 2.30. The Morgan fingerprint density at radius 3 is 2.36 bits per heavy atom. The van der Waals surface area contributed by atoms with Crippen molar-refractivity contribution in [1.82, 2.24) is 10.2 Å². The van der Waals surface area contributed by atoms with Gasteiger partial charge in [0, 0.05) is 38.6 Å². The highest BCUT2D eigenvalue weighted by Gasteiger charge is 2.31. The molecular formula is C20H30N2O3. The zero-order valence-corrected chi connectivity index (χ0v) is 15.4. The smallest absolute Gasteiger partial charge is 0.225 e. The van der Waals surface area contributed by atoms with Crippen LogP contribution in [-0.2, 0) is 20.9 Å². The van der Waals surface area contributed by atoms with Crippen LogP contribution in [0.5, 0.6) is 0 Å². The fourth-order valence-electron chi connectivity index (χ4n) is 3.43. The van der Waals surface area contributed by atoms with Gasteiger partial charge < -0.3 is 15.0 Å². The lowest BCUT2D eigenvalue weighted by Crippen LogP contribution is -2.40. The molecular weight excluding hydrogens is 316 g/mol. The van der Waals surface area contributed by atoms with Crippen LogP contribution in [0, 0.1) is 11.8 Å². The summed E-state index contributed by atoms with van der Waals surface area (Å²) in [4.78, 5) is 26.9. The maximum atomic E-state index is 12.8. The third-order valence-corrected chi connectivity index (χ3v) is 4.96. The summed E-state index contributed by atoms with van der Waals surface area (Å²) < 4.78 is 4.95. The van der Waals surface area contributed by atoms with E-state index in [0.717, 1.165) is 31.2 Å². The van der Waals surface area contributed by atoms with Crippen molar-refractivity contribution in [2.75, 3.05) is 26.8 Å². The van der Waals surface area contributed by atoms with Crippen LogP contribution in [0.15, 0.2) is 30.3 Å². The molecule has 0 saturated heterocycles. The molecule has 0 atom stereocenters. The van der Waals surface area contributed by atoms with Crippen LogP contribution in [0.3, 0.4) is 0 Å². The van der Waals surface area contributed by atoms with Crippen LogP contribution in [0.25, 0.3) is 0 Å². The number of hydrogen-bond donors (Lipinski definition) is 1. The summed E-state index contributed by atoms with van der Waals surface area (Å²) in [6, 6.07) is 10.1. The van der Waals surface area contributed by atoms with E-state index in [1.807, 2.05) is 30.0 Å². The van der Waals surface area contributed by atoms with Gasteiger partial charge in [0.25, 0.3) is 0 Å². The van der Waals surface area contributed by atoms with E-state index in [9.17, 15) is 9.59 Å². The van der Waals surface area contributed by atoms with Crippen LogP contribution < -0.4 is 5.32 Å². The number of nitrogens with zero attached hydrogens (tertiary/aromatic N) is 1. The van der Waals surface area contributed by atoms with Gasteiger partial charge in [0.1, 0.15) is 0 Å². The number of nitrogens with one attached hydrogen (secondary N) is 1. The Kier molecular flexibility index (Phi) is 7.92. The molecule has 0 heterocycles. The molecule has 5 nitrogen and oxygen atoms in total. The highest BCUT2D eigenvalue weighted by molar-refractivity contribution is 5.81. The molecule has 1 aliphatic carbocycles. The fraction of sp³-hybridized carbons (Fsp3) is 0.600. The maximum Gasteiger partial charge on any atom is 0.225 e. The van der Waals surface area contributed by atoms with E-state index in [0.29, 0.717) is 26.2 Å². The number of hydrogen-bond acceptors (Lipinski definition) is 3. The molecule has 1 saturated carbocycles. The average Bonchev–Trinajstić information content (AvgIpc) is 2.66. The van der Waals surface area contributed by atoms with Crippen molar-refractivity contribution in [2.24, 2.45) is 11.8 Å². The van der Waals surface area contributed by atoms with Crippen molar-refractivity contribution >= 4 is 11.8 Å². The van der Waals surface area contributed by atoms with E-state index < -0.39 is 0 Å². The predicted molar refractivity (Wildman–Crippen MR) is 97.9 cm³/mol. The Balaban J connectivity index is 1.82. The molecule has 1 aromatic carbocycles. The van der Waals surface area contributed by atoms with Crippen molar-refractivity contribution < 1.29 is 14.3 Å². The lowest BCUT2D eigenvalue weighted by Gasteiger charge is -2.31. The van der Waals surface area contributed by atoms with Gasteiger partial charge in [-0.1, -0.05) is 30.3 Å². The highest BCUT2D eigenvalue weighted by atomic mass is 16.5. The summed E-state index contributed by atoms with van der Waals surface area (Å²) in [5, 5.41) is 2.90. The summed E-state index contributed by atoms with van der Waals surface area (Å²) in [6.07, 6.45) is 3.18. The second kappa shape index (κ2) is 10.2. The Bertz CT molecular complexity index is 539. The Morgan fingerprint density at radius 2 is 1.76 bits per heavy atom. The Hall–Kier alpha value is -1.88. The first-order valence-corrected chi connectivity index (χ1v) is 9.25. The molecule has 2 rings (SSSR count). The van der Waals surface area contributed by atoms with Crippen LogP contribution in [0.4, 0.5) is 0 Å². The van der Waals surface area contributed by atoms with E-state index in [2.05, 4.69) is 17.4 Å². The standard InChI is InChI=1S/C20H30N2O3/c1-3-22(15-16-7-5-4-6-8-16)20(24)18-11-9-17(10-12-18)19(23)21-13-14-25-2/h4-8,17-18H,3,9-15H2,1-2H3,(H,21,23). The molecule has 1 N–H and O–H groups in total. The molecule has 138 valence electrons. The van der Waals surface area contributed by atoms with Gasteiger partial charge in [-0.15, -0.1) is 0 Å². The van der Waals surface area contributed by atoms with Gasteiger partial charge in [-0.05, 0) is 38.2 Å². The average molecular weight is 346 g/mol. The third-order valence-electron chi connectivity index (χ3n) is 4.96. The minimum Gasteiger partial charge on any atom is -0.383 e. The Labute approximate surface area is 150 Å². The van der Waals surface area contributed by atoms with Gasteiger partial charge in [0.05, 0.1) is 6.61 Å². The van der Waals surface area contributed by atoms with E-state index in [-0.39, 0.29) is 23.7 Å². The molecule has 0 bridgehead atoms. The second-order valence-corrected chi connectivity index (χ2v) is 6.67. The summed E-state index contributed by atoms with van der Waals surface area (Å²) in [5.74, 6) is 0.404. The molecule has 0 aromatic heterocycles. The molecule has 2 amide bonds. The van der Waals surface area contributed by atoms with Crippen molar-refractivity contribution in [2.45, 2.75) is 39.2 Å². The van der Waals surface area contributed by atoms with Gasteiger partial charge in [-0.3, -0.25) is 9.59 Å². The predicted octanol–water partition coefficient (Wildman–Crippen LogP) is 2.60. The van der Waals surface area contributed by atoms with Gasteiger partial charge in [0.15, 0.2) is 0 Å². The van der Waals surface area contributed by atoms with Crippen molar-refractivity contribution in [1.29, 1.82) is 0 Å². The van der Waals surface area contributed by atoms with E-state index in [1.54, 1.807) is 7.11 Å². The van der Waals surface area contributed by atoms with Crippen LogP contribution in [0.2, 0.25) is 0 Å². The van der Waals surface area contributed by atoms with E-state index in [1.165, 1.54) is 0 Å². The summed E-state index contributed by atoms with van der Waals surface area (Å²) in [7, 11) is 1.62. The maximum absolute atomic E-state index is 12.8. The van der Waals surface area contributed by atoms with Crippen LogP contribution in [0.1, 0.15) is 38.2 Å². The lowest BCUT2D eigenvalue weighted by atomic mass is 9.81. The van der Waals surface area contributed by atoms with E-state index >= 15 is 0 Å². The van der Waals surface area contributed by atoms with Gasteiger partial charge >= 0.3 is 0 Å². The monoisotopic (exact) mass is 346 g/mol. The number of carbonyl (C=O) groups is 2. The number of ether oxygens (including phenoxy) is 1. The molecule has 1 aromatic rings. The summed E-state index contributed by atoms with van der Waals surface area (Å²) in [5.41, 5.74) is 1.16.